The summed E-state index contributed by atoms with van der Waals surface area (Å²) in [6.07, 6.45) is 2.07. The highest BCUT2D eigenvalue weighted by Crippen LogP contribution is 2.06. The summed E-state index contributed by atoms with van der Waals surface area (Å²) in [7, 11) is 0. The third-order valence-electron chi connectivity index (χ3n) is 2.96. The molecule has 0 bridgehead atoms. The van der Waals surface area contributed by atoms with E-state index >= 15 is 0 Å². The highest BCUT2D eigenvalue weighted by Gasteiger charge is 2.17. The molecular formula is C15H18FN3O2. The first-order chi connectivity index (χ1) is 10.0. The van der Waals surface area contributed by atoms with E-state index < -0.39 is 17.8 Å². The van der Waals surface area contributed by atoms with Crippen molar-refractivity contribution in [1.82, 2.24) is 5.32 Å². The summed E-state index contributed by atoms with van der Waals surface area (Å²) in [4.78, 5) is 23.1. The Hall–Kier alpha value is -2.42. The van der Waals surface area contributed by atoms with Crippen LogP contribution < -0.4 is 11.1 Å². The molecule has 0 fully saturated rings. The van der Waals surface area contributed by atoms with Crippen molar-refractivity contribution in [3.05, 3.63) is 35.6 Å². The maximum Gasteiger partial charge on any atom is 0.239 e. The number of nitrogens with two attached hydrogens (primary N) is 1. The zero-order valence-corrected chi connectivity index (χ0v) is 11.6. The summed E-state index contributed by atoms with van der Waals surface area (Å²) in [5.74, 6) is -1.41. The van der Waals surface area contributed by atoms with Crippen LogP contribution in [0, 0.1) is 17.1 Å². The van der Waals surface area contributed by atoms with Gasteiger partial charge in [-0.05, 0) is 37.0 Å². The number of unbranched alkanes of at least 4 members (excludes halogenated alkanes) is 2. The Morgan fingerprint density at radius 1 is 1.38 bits per heavy atom. The number of nitrogens with zero attached hydrogens (tertiary/aromatic N) is 1. The topological polar surface area (TPSA) is 96.0 Å². The predicted molar refractivity (Wildman–Crippen MR) is 75.3 cm³/mol. The van der Waals surface area contributed by atoms with Crippen LogP contribution >= 0.6 is 0 Å². The molecule has 0 aliphatic heterocycles. The van der Waals surface area contributed by atoms with E-state index in [9.17, 15) is 14.0 Å². The number of carbonyl (C=O) groups excluding carboxylic acids is 2. The molecule has 0 aromatic heterocycles. The van der Waals surface area contributed by atoms with Crippen LogP contribution in [0.4, 0.5) is 4.39 Å². The molecule has 0 aliphatic rings. The predicted octanol–water partition coefficient (Wildman–Crippen LogP) is 1.42. The quantitative estimate of drug-likeness (QED) is 0.709. The fourth-order valence-electron chi connectivity index (χ4n) is 1.92. The largest absolute Gasteiger partial charge is 0.368 e. The van der Waals surface area contributed by atoms with E-state index in [2.05, 4.69) is 5.32 Å². The lowest BCUT2D eigenvalue weighted by Crippen LogP contribution is -2.44. The minimum Gasteiger partial charge on any atom is -0.368 e. The van der Waals surface area contributed by atoms with Crippen molar-refractivity contribution in [3.63, 3.8) is 0 Å². The van der Waals surface area contributed by atoms with E-state index in [1.807, 2.05) is 6.07 Å². The Balaban J connectivity index is 2.49. The van der Waals surface area contributed by atoms with Gasteiger partial charge < -0.3 is 11.1 Å². The van der Waals surface area contributed by atoms with Gasteiger partial charge in [0.25, 0.3) is 0 Å². The van der Waals surface area contributed by atoms with Crippen molar-refractivity contribution in [2.75, 3.05) is 0 Å². The molecule has 0 spiro atoms. The Morgan fingerprint density at radius 2 is 2.14 bits per heavy atom. The molecule has 0 saturated heterocycles. The molecule has 0 saturated carbocycles. The maximum absolute atomic E-state index is 13.0. The molecule has 6 heteroatoms. The van der Waals surface area contributed by atoms with Crippen molar-refractivity contribution in [1.29, 1.82) is 5.26 Å². The monoisotopic (exact) mass is 291 g/mol. The zero-order valence-electron chi connectivity index (χ0n) is 11.6. The number of primary amides is 1. The third kappa shape index (κ3) is 6.52. The highest BCUT2D eigenvalue weighted by molar-refractivity contribution is 5.87. The number of benzene rings is 1. The molecule has 1 rings (SSSR count). The summed E-state index contributed by atoms with van der Waals surface area (Å²) in [6.45, 7) is 0. The number of halogens is 1. The van der Waals surface area contributed by atoms with Gasteiger partial charge in [0.15, 0.2) is 0 Å². The third-order valence-corrected chi connectivity index (χ3v) is 2.96. The number of nitriles is 1. The van der Waals surface area contributed by atoms with Gasteiger partial charge >= 0.3 is 0 Å². The number of rotatable bonds is 8. The Labute approximate surface area is 122 Å². The molecular weight excluding hydrogens is 273 g/mol. The van der Waals surface area contributed by atoms with Crippen LogP contribution in [-0.4, -0.2) is 17.9 Å². The normalized spacial score (nSPS) is 11.4. The fraction of sp³-hybridized carbons (Fsp3) is 0.400. The number of amides is 2. The minimum atomic E-state index is -0.759. The molecule has 3 N–H and O–H groups in total. The molecule has 2 amide bonds. The van der Waals surface area contributed by atoms with Crippen molar-refractivity contribution >= 4 is 11.8 Å². The first-order valence-corrected chi connectivity index (χ1v) is 6.73. The van der Waals surface area contributed by atoms with Gasteiger partial charge in [0, 0.05) is 6.42 Å². The smallest absolute Gasteiger partial charge is 0.239 e. The summed E-state index contributed by atoms with van der Waals surface area (Å²) in [6, 6.07) is 6.97. The SMILES string of the molecule is N#CCCCC[C@@H](NC(=O)Cc1cccc(F)c1)C(N)=O. The van der Waals surface area contributed by atoms with Crippen molar-refractivity contribution in [3.8, 4) is 6.07 Å². The van der Waals surface area contributed by atoms with Crippen LogP contribution in [-0.2, 0) is 16.0 Å². The molecule has 0 heterocycles. The number of nitrogens with one attached hydrogen (secondary N) is 1. The molecule has 0 radical (unpaired) electrons. The van der Waals surface area contributed by atoms with Gasteiger partial charge in [0.05, 0.1) is 12.5 Å². The minimum absolute atomic E-state index is 0.0142. The van der Waals surface area contributed by atoms with E-state index in [1.165, 1.54) is 18.2 Å². The molecule has 1 aromatic carbocycles. The van der Waals surface area contributed by atoms with Crippen molar-refractivity contribution in [2.24, 2.45) is 5.73 Å². The second kappa shape index (κ2) is 8.69. The van der Waals surface area contributed by atoms with Gasteiger partial charge in [0.2, 0.25) is 11.8 Å². The second-order valence-corrected chi connectivity index (χ2v) is 4.73. The van der Waals surface area contributed by atoms with Crippen LogP contribution in [0.25, 0.3) is 0 Å². The van der Waals surface area contributed by atoms with Crippen molar-refractivity contribution in [2.45, 2.75) is 38.1 Å². The number of carbonyl (C=O) groups is 2. The van der Waals surface area contributed by atoms with Crippen molar-refractivity contribution < 1.29 is 14.0 Å². The van der Waals surface area contributed by atoms with E-state index in [4.69, 9.17) is 11.0 Å². The van der Waals surface area contributed by atoms with Crippen LogP contribution in [0.3, 0.4) is 0 Å². The average molecular weight is 291 g/mol. The van der Waals surface area contributed by atoms with Gasteiger partial charge in [0.1, 0.15) is 11.9 Å². The highest BCUT2D eigenvalue weighted by atomic mass is 19.1. The molecule has 5 nitrogen and oxygen atoms in total. The van der Waals surface area contributed by atoms with E-state index in [0.29, 0.717) is 31.2 Å². The second-order valence-electron chi connectivity index (χ2n) is 4.73. The van der Waals surface area contributed by atoms with Crippen LogP contribution in [0.2, 0.25) is 0 Å². The van der Waals surface area contributed by atoms with E-state index in [0.717, 1.165) is 0 Å². The first-order valence-electron chi connectivity index (χ1n) is 6.73. The Kier molecular flexibility index (Phi) is 6.88. The number of hydrogen-bond acceptors (Lipinski definition) is 3. The first kappa shape index (κ1) is 16.6. The summed E-state index contributed by atoms with van der Waals surface area (Å²) < 4.78 is 13.0. The summed E-state index contributed by atoms with van der Waals surface area (Å²) >= 11 is 0. The molecule has 0 aliphatic carbocycles. The van der Waals surface area contributed by atoms with Gasteiger partial charge in [-0.2, -0.15) is 5.26 Å². The van der Waals surface area contributed by atoms with Gasteiger partial charge in [-0.25, -0.2) is 4.39 Å². The summed E-state index contributed by atoms with van der Waals surface area (Å²) in [5, 5.41) is 11.0. The fourth-order valence-corrected chi connectivity index (χ4v) is 1.92. The molecule has 1 aromatic rings. The zero-order chi connectivity index (χ0) is 15.7. The Bertz CT molecular complexity index is 540. The van der Waals surface area contributed by atoms with Gasteiger partial charge in [-0.15, -0.1) is 0 Å². The van der Waals surface area contributed by atoms with E-state index in [1.54, 1.807) is 6.07 Å². The van der Waals surface area contributed by atoms with Crippen LogP contribution in [0.15, 0.2) is 24.3 Å². The average Bonchev–Trinajstić information content (AvgIpc) is 2.42. The standard InChI is InChI=1S/C15H18FN3O2/c16-12-6-4-5-11(9-12)10-14(20)19-13(15(18)21)7-2-1-3-8-17/h4-6,9,13H,1-3,7,10H2,(H2,18,21)(H,19,20)/t13-/m1/s1. The lowest BCUT2D eigenvalue weighted by molar-refractivity contribution is -0.127. The summed E-state index contributed by atoms with van der Waals surface area (Å²) in [5.41, 5.74) is 5.77. The van der Waals surface area contributed by atoms with Crippen LogP contribution in [0.5, 0.6) is 0 Å². The molecule has 1 atom stereocenters. The molecule has 112 valence electrons. The van der Waals surface area contributed by atoms with Gasteiger partial charge in [-0.3, -0.25) is 9.59 Å². The lowest BCUT2D eigenvalue weighted by atomic mass is 10.1. The molecule has 0 unspecified atom stereocenters. The Morgan fingerprint density at radius 3 is 2.76 bits per heavy atom. The molecule has 21 heavy (non-hydrogen) atoms. The van der Waals surface area contributed by atoms with Crippen LogP contribution in [0.1, 0.15) is 31.2 Å². The number of hydrogen-bond donors (Lipinski definition) is 2. The lowest BCUT2D eigenvalue weighted by Gasteiger charge is -2.15. The van der Waals surface area contributed by atoms with E-state index in [-0.39, 0.29) is 12.3 Å². The van der Waals surface area contributed by atoms with Gasteiger partial charge in [-0.1, -0.05) is 12.1 Å². The maximum atomic E-state index is 13.0.